The molecule has 0 spiro atoms. The van der Waals surface area contributed by atoms with Gasteiger partial charge in [-0.05, 0) is 44.5 Å². The third kappa shape index (κ3) is 4.80. The largest absolute Gasteiger partial charge is 0.376 e. The Hall–Kier alpha value is -1.92. The molecular weight excluding hydrogens is 332 g/mol. The molecule has 1 fully saturated rings. The zero-order valence-corrected chi connectivity index (χ0v) is 15.7. The Balaban J connectivity index is 1.54. The normalized spacial score (nSPS) is 16.8. The first-order valence-electron chi connectivity index (χ1n) is 8.83. The average molecular weight is 359 g/mol. The maximum absolute atomic E-state index is 5.60. The summed E-state index contributed by atoms with van der Waals surface area (Å²) in [6, 6.07) is 10.4. The van der Waals surface area contributed by atoms with Gasteiger partial charge in [0.2, 0.25) is 0 Å². The second-order valence-corrected chi connectivity index (χ2v) is 6.90. The molecule has 1 aliphatic rings. The smallest absolute Gasteiger partial charge is 0.166 e. The van der Waals surface area contributed by atoms with Gasteiger partial charge in [0.15, 0.2) is 5.11 Å². The fourth-order valence-corrected chi connectivity index (χ4v) is 3.30. The van der Waals surface area contributed by atoms with Crippen molar-refractivity contribution in [2.45, 2.75) is 45.9 Å². The van der Waals surface area contributed by atoms with Crippen LogP contribution in [0.2, 0.25) is 0 Å². The van der Waals surface area contributed by atoms with Gasteiger partial charge in [-0.3, -0.25) is 4.68 Å². The lowest BCUT2D eigenvalue weighted by molar-refractivity contribution is 0.114. The predicted octanol–water partition coefficient (Wildman–Crippen LogP) is 2.69. The molecule has 3 rings (SSSR count). The van der Waals surface area contributed by atoms with Gasteiger partial charge in [-0.2, -0.15) is 5.10 Å². The molecular formula is C19H26N4OS. The Bertz CT molecular complexity index is 708. The van der Waals surface area contributed by atoms with E-state index in [1.807, 2.05) is 13.0 Å². The molecule has 5 nitrogen and oxygen atoms in total. The van der Waals surface area contributed by atoms with Crippen molar-refractivity contribution in [3.63, 3.8) is 0 Å². The first-order valence-corrected chi connectivity index (χ1v) is 9.24. The summed E-state index contributed by atoms with van der Waals surface area (Å²) < 4.78 is 7.66. The van der Waals surface area contributed by atoms with Crippen LogP contribution in [0.5, 0.6) is 0 Å². The number of ether oxygens (including phenoxy) is 1. The van der Waals surface area contributed by atoms with E-state index in [-0.39, 0.29) is 6.10 Å². The Morgan fingerprint density at radius 2 is 2.08 bits per heavy atom. The molecule has 2 heterocycles. The Labute approximate surface area is 154 Å². The Kier molecular flexibility index (Phi) is 6.04. The van der Waals surface area contributed by atoms with Crippen LogP contribution in [0, 0.1) is 13.8 Å². The van der Waals surface area contributed by atoms with E-state index < -0.39 is 0 Å². The van der Waals surface area contributed by atoms with Crippen LogP contribution in [0.15, 0.2) is 30.3 Å². The average Bonchev–Trinajstić information content (AvgIpc) is 3.22. The van der Waals surface area contributed by atoms with Crippen molar-refractivity contribution in [1.29, 1.82) is 0 Å². The molecule has 0 radical (unpaired) electrons. The number of aryl methyl sites for hydroxylation is 1. The van der Waals surface area contributed by atoms with E-state index in [1.165, 1.54) is 16.8 Å². The van der Waals surface area contributed by atoms with E-state index in [9.17, 15) is 0 Å². The molecule has 1 atom stereocenters. The van der Waals surface area contributed by atoms with Crippen molar-refractivity contribution < 1.29 is 4.74 Å². The van der Waals surface area contributed by atoms with Gasteiger partial charge in [-0.15, -0.1) is 0 Å². The van der Waals surface area contributed by atoms with Gasteiger partial charge < -0.3 is 15.4 Å². The van der Waals surface area contributed by atoms with E-state index in [0.29, 0.717) is 11.7 Å². The molecule has 2 N–H and O–H groups in total. The second kappa shape index (κ2) is 8.45. The van der Waals surface area contributed by atoms with Crippen LogP contribution in [-0.4, -0.2) is 34.1 Å². The predicted molar refractivity (Wildman–Crippen MR) is 104 cm³/mol. The SMILES string of the molecule is Cc1nn(Cc2ccccc2)c(C)c1CNC(=S)NC[C@H]1CCCO1. The van der Waals surface area contributed by atoms with E-state index in [1.54, 1.807) is 0 Å². The molecule has 1 aliphatic heterocycles. The summed E-state index contributed by atoms with van der Waals surface area (Å²) in [5.74, 6) is 0. The van der Waals surface area contributed by atoms with Gasteiger partial charge >= 0.3 is 0 Å². The summed E-state index contributed by atoms with van der Waals surface area (Å²) in [7, 11) is 0. The van der Waals surface area contributed by atoms with Gasteiger partial charge in [0, 0.05) is 31.0 Å². The van der Waals surface area contributed by atoms with E-state index in [2.05, 4.69) is 51.6 Å². The van der Waals surface area contributed by atoms with Crippen LogP contribution < -0.4 is 10.6 Å². The molecule has 0 saturated carbocycles. The lowest BCUT2D eigenvalue weighted by Gasteiger charge is -2.14. The van der Waals surface area contributed by atoms with Gasteiger partial charge in [0.05, 0.1) is 18.3 Å². The topological polar surface area (TPSA) is 51.1 Å². The summed E-state index contributed by atoms with van der Waals surface area (Å²) in [5.41, 5.74) is 4.68. The summed E-state index contributed by atoms with van der Waals surface area (Å²) in [6.07, 6.45) is 2.54. The van der Waals surface area contributed by atoms with Gasteiger partial charge in [0.25, 0.3) is 0 Å². The second-order valence-electron chi connectivity index (χ2n) is 6.49. The minimum atomic E-state index is 0.289. The number of nitrogens with one attached hydrogen (secondary N) is 2. The van der Waals surface area contributed by atoms with Crippen molar-refractivity contribution >= 4 is 17.3 Å². The molecule has 1 saturated heterocycles. The number of aromatic nitrogens is 2. The molecule has 25 heavy (non-hydrogen) atoms. The van der Waals surface area contributed by atoms with Crippen molar-refractivity contribution in [3.8, 4) is 0 Å². The molecule has 0 bridgehead atoms. The van der Waals surface area contributed by atoms with Crippen LogP contribution in [0.4, 0.5) is 0 Å². The molecule has 6 heteroatoms. The van der Waals surface area contributed by atoms with Crippen LogP contribution in [0.25, 0.3) is 0 Å². The van der Waals surface area contributed by atoms with Crippen molar-refractivity contribution in [2.24, 2.45) is 0 Å². The van der Waals surface area contributed by atoms with E-state index >= 15 is 0 Å². The highest BCUT2D eigenvalue weighted by Crippen LogP contribution is 2.15. The number of hydrogen-bond acceptors (Lipinski definition) is 3. The highest BCUT2D eigenvalue weighted by molar-refractivity contribution is 7.80. The maximum Gasteiger partial charge on any atom is 0.166 e. The van der Waals surface area contributed by atoms with E-state index in [4.69, 9.17) is 17.0 Å². The lowest BCUT2D eigenvalue weighted by Crippen LogP contribution is -2.39. The Morgan fingerprint density at radius 1 is 1.28 bits per heavy atom. The summed E-state index contributed by atoms with van der Waals surface area (Å²) >= 11 is 5.38. The Morgan fingerprint density at radius 3 is 2.80 bits per heavy atom. The number of benzene rings is 1. The summed E-state index contributed by atoms with van der Waals surface area (Å²) in [4.78, 5) is 0. The third-order valence-corrected chi connectivity index (χ3v) is 4.94. The molecule has 2 aromatic rings. The maximum atomic E-state index is 5.60. The fraction of sp³-hybridized carbons (Fsp3) is 0.474. The van der Waals surface area contributed by atoms with Crippen molar-refractivity contribution in [3.05, 3.63) is 52.8 Å². The first-order chi connectivity index (χ1) is 12.1. The zero-order valence-electron chi connectivity index (χ0n) is 14.9. The first kappa shape index (κ1) is 17.9. The van der Waals surface area contributed by atoms with Gasteiger partial charge in [0.1, 0.15) is 0 Å². The molecule has 134 valence electrons. The highest BCUT2D eigenvalue weighted by Gasteiger charge is 2.16. The van der Waals surface area contributed by atoms with Crippen LogP contribution in [0.1, 0.15) is 35.4 Å². The summed E-state index contributed by atoms with van der Waals surface area (Å²) in [6.45, 7) is 7.28. The van der Waals surface area contributed by atoms with Crippen LogP contribution >= 0.6 is 12.2 Å². The quantitative estimate of drug-likeness (QED) is 0.778. The summed E-state index contributed by atoms with van der Waals surface area (Å²) in [5, 5.41) is 11.9. The molecule has 1 aromatic heterocycles. The van der Waals surface area contributed by atoms with E-state index in [0.717, 1.165) is 38.2 Å². The van der Waals surface area contributed by atoms with Crippen molar-refractivity contribution in [1.82, 2.24) is 20.4 Å². The minimum Gasteiger partial charge on any atom is -0.376 e. The lowest BCUT2D eigenvalue weighted by atomic mass is 10.2. The van der Waals surface area contributed by atoms with Gasteiger partial charge in [-0.1, -0.05) is 30.3 Å². The van der Waals surface area contributed by atoms with Crippen LogP contribution in [-0.2, 0) is 17.8 Å². The van der Waals surface area contributed by atoms with Crippen LogP contribution in [0.3, 0.4) is 0 Å². The number of nitrogens with zero attached hydrogens (tertiary/aromatic N) is 2. The molecule has 0 aliphatic carbocycles. The third-order valence-electron chi connectivity index (χ3n) is 4.65. The zero-order chi connectivity index (χ0) is 17.6. The fourth-order valence-electron chi connectivity index (χ4n) is 3.14. The highest BCUT2D eigenvalue weighted by atomic mass is 32.1. The number of rotatable bonds is 6. The molecule has 1 aromatic carbocycles. The minimum absolute atomic E-state index is 0.289. The standard InChI is InChI=1S/C19H26N4OS/c1-14-18(12-21-19(25)20-11-17-9-6-10-24-17)15(2)23(22-14)13-16-7-4-3-5-8-16/h3-5,7-8,17H,6,9-13H2,1-2H3,(H2,20,21,25)/t17-/m1/s1. The molecule has 0 amide bonds. The van der Waals surface area contributed by atoms with Crippen molar-refractivity contribution in [2.75, 3.05) is 13.2 Å². The number of thiocarbonyl (C=S) groups is 1. The van der Waals surface area contributed by atoms with Gasteiger partial charge in [-0.25, -0.2) is 0 Å². The monoisotopic (exact) mass is 358 g/mol. The molecule has 0 unspecified atom stereocenters. The number of hydrogen-bond donors (Lipinski definition) is 2.